The number of nitrogens with one attached hydrogen (secondary N) is 1. The minimum atomic E-state index is -1.15. The first-order valence-corrected chi connectivity index (χ1v) is 3.14. The first-order valence-electron chi connectivity index (χ1n) is 3.14. The Labute approximate surface area is 68.7 Å². The molecule has 0 rings (SSSR count). The van der Waals surface area contributed by atoms with E-state index in [9.17, 15) is 9.59 Å². The summed E-state index contributed by atoms with van der Waals surface area (Å²) in [5.74, 6) is -1.66. The molecule has 0 aliphatic rings. The Bertz CT molecular complexity index is 202. The lowest BCUT2D eigenvalue weighted by molar-refractivity contribution is -0.138. The Morgan fingerprint density at radius 3 is 2.58 bits per heavy atom. The van der Waals surface area contributed by atoms with Crippen LogP contribution in [0.3, 0.4) is 0 Å². The number of carbonyl (C=O) groups excluding carboxylic acids is 1. The summed E-state index contributed by atoms with van der Waals surface area (Å²) in [6.45, 7) is -0.0484. The molecule has 0 fully saturated rings. The van der Waals surface area contributed by atoms with Crippen LogP contribution in [0.15, 0.2) is 12.0 Å². The maximum atomic E-state index is 10.1. The van der Waals surface area contributed by atoms with Crippen LogP contribution < -0.4 is 11.1 Å². The standard InChI is InChI=1S/C6H10N2O4/c7-5(6(11)12)2-8-1-4(10)3-9/h1,3,5,8,10H,2,7H2,(H,11,12)/b4-1+. The van der Waals surface area contributed by atoms with Crippen molar-refractivity contribution >= 4 is 12.3 Å². The number of hydrogen-bond acceptors (Lipinski definition) is 5. The SMILES string of the molecule is NC(CN/C=C(/O)C=O)C(=O)O. The quantitative estimate of drug-likeness (QED) is 0.231. The predicted octanol–water partition coefficient (Wildman–Crippen LogP) is -1.41. The molecule has 0 radical (unpaired) electrons. The number of carbonyl (C=O) groups is 2. The van der Waals surface area contributed by atoms with Crippen LogP contribution in [0, 0.1) is 0 Å². The smallest absolute Gasteiger partial charge is 0.322 e. The van der Waals surface area contributed by atoms with Crippen molar-refractivity contribution in [1.29, 1.82) is 0 Å². The molecule has 0 aliphatic heterocycles. The lowest BCUT2D eigenvalue weighted by Crippen LogP contribution is -2.38. The number of aldehydes is 1. The van der Waals surface area contributed by atoms with E-state index >= 15 is 0 Å². The van der Waals surface area contributed by atoms with Gasteiger partial charge in [-0.15, -0.1) is 0 Å². The zero-order valence-electron chi connectivity index (χ0n) is 6.23. The fourth-order valence-electron chi connectivity index (χ4n) is 0.412. The first-order chi connectivity index (χ1) is 5.57. The Balaban J connectivity index is 3.69. The lowest BCUT2D eigenvalue weighted by atomic mass is 10.3. The van der Waals surface area contributed by atoms with Crippen molar-refractivity contribution in [2.45, 2.75) is 6.04 Å². The van der Waals surface area contributed by atoms with E-state index in [1.165, 1.54) is 0 Å². The van der Waals surface area contributed by atoms with Crippen molar-refractivity contribution in [3.8, 4) is 0 Å². The van der Waals surface area contributed by atoms with Gasteiger partial charge >= 0.3 is 5.97 Å². The van der Waals surface area contributed by atoms with E-state index in [1.807, 2.05) is 0 Å². The second kappa shape index (κ2) is 5.14. The van der Waals surface area contributed by atoms with Crippen molar-refractivity contribution in [3.63, 3.8) is 0 Å². The zero-order valence-corrected chi connectivity index (χ0v) is 6.23. The van der Waals surface area contributed by atoms with Gasteiger partial charge in [0.05, 0.1) is 0 Å². The number of aliphatic hydroxyl groups is 1. The summed E-state index contributed by atoms with van der Waals surface area (Å²) >= 11 is 0. The van der Waals surface area contributed by atoms with E-state index in [1.54, 1.807) is 0 Å². The summed E-state index contributed by atoms with van der Waals surface area (Å²) < 4.78 is 0. The van der Waals surface area contributed by atoms with E-state index in [0.717, 1.165) is 6.20 Å². The Morgan fingerprint density at radius 1 is 1.58 bits per heavy atom. The van der Waals surface area contributed by atoms with Crippen molar-refractivity contribution < 1.29 is 19.8 Å². The molecule has 0 amide bonds. The molecule has 6 heteroatoms. The maximum Gasteiger partial charge on any atom is 0.322 e. The van der Waals surface area contributed by atoms with Gasteiger partial charge in [-0.1, -0.05) is 0 Å². The van der Waals surface area contributed by atoms with Gasteiger partial charge in [0.25, 0.3) is 0 Å². The van der Waals surface area contributed by atoms with E-state index < -0.39 is 17.8 Å². The van der Waals surface area contributed by atoms with Crippen molar-refractivity contribution in [2.24, 2.45) is 5.73 Å². The number of nitrogens with two attached hydrogens (primary N) is 1. The van der Waals surface area contributed by atoms with Crippen LogP contribution in [0.25, 0.3) is 0 Å². The van der Waals surface area contributed by atoms with Gasteiger partial charge in [-0.05, 0) is 0 Å². The van der Waals surface area contributed by atoms with Gasteiger partial charge in [0.2, 0.25) is 0 Å². The van der Waals surface area contributed by atoms with Gasteiger partial charge in [-0.3, -0.25) is 9.59 Å². The Morgan fingerprint density at radius 2 is 2.17 bits per heavy atom. The molecule has 0 aromatic heterocycles. The van der Waals surface area contributed by atoms with Crippen molar-refractivity contribution in [1.82, 2.24) is 5.32 Å². The van der Waals surface area contributed by atoms with Gasteiger partial charge in [0, 0.05) is 12.7 Å². The fourth-order valence-corrected chi connectivity index (χ4v) is 0.412. The van der Waals surface area contributed by atoms with Gasteiger partial charge in [0.1, 0.15) is 6.04 Å². The fraction of sp³-hybridized carbons (Fsp3) is 0.333. The highest BCUT2D eigenvalue weighted by Gasteiger charge is 2.08. The van der Waals surface area contributed by atoms with E-state index in [-0.39, 0.29) is 12.8 Å². The molecule has 68 valence electrons. The minimum absolute atomic E-state index is 0.0484. The third-order valence-corrected chi connectivity index (χ3v) is 1.03. The van der Waals surface area contributed by atoms with Crippen LogP contribution in [0.1, 0.15) is 0 Å². The number of rotatable bonds is 5. The molecular formula is C6H10N2O4. The van der Waals surface area contributed by atoms with Gasteiger partial charge < -0.3 is 21.3 Å². The Hall–Kier alpha value is -1.56. The highest BCUT2D eigenvalue weighted by Crippen LogP contribution is 1.79. The van der Waals surface area contributed by atoms with E-state index in [0.29, 0.717) is 0 Å². The summed E-state index contributed by atoms with van der Waals surface area (Å²) in [6, 6.07) is -1.05. The van der Waals surface area contributed by atoms with Crippen LogP contribution in [0.2, 0.25) is 0 Å². The summed E-state index contributed by atoms with van der Waals surface area (Å²) in [5.41, 5.74) is 5.08. The normalized spacial score (nSPS) is 13.6. The highest BCUT2D eigenvalue weighted by molar-refractivity contribution is 5.73. The highest BCUT2D eigenvalue weighted by atomic mass is 16.4. The average Bonchev–Trinajstić information content (AvgIpc) is 2.03. The largest absolute Gasteiger partial charge is 0.504 e. The number of carboxylic acids is 1. The second-order valence-corrected chi connectivity index (χ2v) is 2.04. The van der Waals surface area contributed by atoms with Crippen LogP contribution in [-0.2, 0) is 9.59 Å². The van der Waals surface area contributed by atoms with Crippen molar-refractivity contribution in [2.75, 3.05) is 6.54 Å². The molecule has 12 heavy (non-hydrogen) atoms. The second-order valence-electron chi connectivity index (χ2n) is 2.04. The molecule has 0 heterocycles. The molecule has 0 saturated carbocycles. The summed E-state index contributed by atoms with van der Waals surface area (Å²) in [5, 5.41) is 19.2. The Kier molecular flexibility index (Phi) is 4.47. The summed E-state index contributed by atoms with van der Waals surface area (Å²) in [4.78, 5) is 19.9. The zero-order chi connectivity index (χ0) is 9.56. The summed E-state index contributed by atoms with van der Waals surface area (Å²) in [6.07, 6.45) is 1.20. The maximum absolute atomic E-state index is 10.1. The van der Waals surface area contributed by atoms with Crippen LogP contribution >= 0.6 is 0 Å². The number of carboxylic acid groups (broad SMARTS) is 1. The molecule has 1 atom stereocenters. The molecule has 0 bridgehead atoms. The topological polar surface area (TPSA) is 113 Å². The average molecular weight is 174 g/mol. The predicted molar refractivity (Wildman–Crippen MR) is 40.4 cm³/mol. The number of aliphatic carboxylic acids is 1. The molecule has 5 N–H and O–H groups in total. The van der Waals surface area contributed by atoms with E-state index in [2.05, 4.69) is 5.32 Å². The molecule has 0 spiro atoms. The van der Waals surface area contributed by atoms with Gasteiger partial charge in [-0.2, -0.15) is 0 Å². The van der Waals surface area contributed by atoms with Crippen LogP contribution in [-0.4, -0.2) is 35.1 Å². The van der Waals surface area contributed by atoms with Gasteiger partial charge in [0.15, 0.2) is 12.0 Å². The molecule has 1 unspecified atom stereocenters. The van der Waals surface area contributed by atoms with Crippen LogP contribution in [0.5, 0.6) is 0 Å². The van der Waals surface area contributed by atoms with Crippen molar-refractivity contribution in [3.05, 3.63) is 12.0 Å². The molecule has 0 aromatic carbocycles. The monoisotopic (exact) mass is 174 g/mol. The lowest BCUT2D eigenvalue weighted by Gasteiger charge is -2.04. The minimum Gasteiger partial charge on any atom is -0.504 e. The third kappa shape index (κ3) is 4.29. The van der Waals surface area contributed by atoms with Gasteiger partial charge in [-0.25, -0.2) is 0 Å². The molecule has 0 aliphatic carbocycles. The molecule has 0 saturated heterocycles. The molecular weight excluding hydrogens is 164 g/mol. The molecule has 6 nitrogen and oxygen atoms in total. The molecule has 0 aromatic rings. The number of allylic oxidation sites excluding steroid dienone is 1. The first kappa shape index (κ1) is 10.4. The summed E-state index contributed by atoms with van der Waals surface area (Å²) in [7, 11) is 0. The number of hydrogen-bond donors (Lipinski definition) is 4. The van der Waals surface area contributed by atoms with E-state index in [4.69, 9.17) is 15.9 Å². The van der Waals surface area contributed by atoms with Crippen LogP contribution in [0.4, 0.5) is 0 Å². The number of aliphatic hydroxyl groups excluding tert-OH is 1. The third-order valence-electron chi connectivity index (χ3n) is 1.03.